The molecule has 0 saturated carbocycles. The van der Waals surface area contributed by atoms with Crippen molar-refractivity contribution in [2.75, 3.05) is 6.61 Å². The molecule has 1 saturated heterocycles. The molecule has 9 heavy (non-hydrogen) atoms. The van der Waals surface area contributed by atoms with Crippen LogP contribution in [-0.4, -0.2) is 27.8 Å². The third kappa shape index (κ3) is 2.71. The minimum absolute atomic E-state index is 0.242. The Bertz CT molecular complexity index is 152. The fraction of sp³-hybridized carbons (Fsp3) is 1.00. The van der Waals surface area contributed by atoms with Crippen molar-refractivity contribution in [1.82, 2.24) is 0 Å². The van der Waals surface area contributed by atoms with Gasteiger partial charge in [0.1, 0.15) is 0 Å². The van der Waals surface area contributed by atoms with E-state index in [1.165, 1.54) is 0 Å². The first-order valence-electron chi connectivity index (χ1n) is 2.73. The van der Waals surface area contributed by atoms with Gasteiger partial charge in [-0.1, -0.05) is 0 Å². The zero-order valence-corrected chi connectivity index (χ0v) is 8.40. The second-order valence-corrected chi connectivity index (χ2v) is 9.02. The van der Waals surface area contributed by atoms with Crippen molar-refractivity contribution < 1.29 is 9.05 Å². The monoisotopic (exact) mass is 234 g/mol. The molecule has 0 aromatic carbocycles. The topological polar surface area (TPSA) is 18.5 Å². The molecule has 2 atom stereocenters. The Morgan fingerprint density at radius 2 is 2.44 bits per heavy atom. The summed E-state index contributed by atoms with van der Waals surface area (Å²) in [6, 6.07) is 0. The average molecular weight is 233 g/mol. The number of rotatable bonds is 0. The molecule has 1 heterocycles. The SMILES string of the molecule is CC1CCOP(Cl)(=[Se])O1. The van der Waals surface area contributed by atoms with Crippen molar-refractivity contribution in [3.05, 3.63) is 0 Å². The van der Waals surface area contributed by atoms with Gasteiger partial charge < -0.3 is 0 Å². The Morgan fingerprint density at radius 1 is 1.78 bits per heavy atom. The van der Waals surface area contributed by atoms with E-state index < -0.39 is 5.32 Å². The van der Waals surface area contributed by atoms with E-state index in [2.05, 4.69) is 15.1 Å². The van der Waals surface area contributed by atoms with Crippen molar-refractivity contribution in [3.8, 4) is 0 Å². The van der Waals surface area contributed by atoms with E-state index in [1.807, 2.05) is 6.92 Å². The Hall–Kier alpha value is 1.16. The second-order valence-electron chi connectivity index (χ2n) is 1.97. The Morgan fingerprint density at radius 3 is 2.78 bits per heavy atom. The van der Waals surface area contributed by atoms with Crippen LogP contribution in [0.1, 0.15) is 13.3 Å². The molecule has 1 fully saturated rings. The molecular weight excluding hydrogens is 225 g/mol. The number of hydrogen-bond acceptors (Lipinski definition) is 2. The van der Waals surface area contributed by atoms with Gasteiger partial charge in [-0.25, -0.2) is 0 Å². The summed E-state index contributed by atoms with van der Waals surface area (Å²) in [7, 11) is 0. The number of halogens is 1. The predicted molar refractivity (Wildman–Crippen MR) is 39.6 cm³/mol. The van der Waals surface area contributed by atoms with Crippen LogP contribution in [-0.2, 0) is 9.05 Å². The van der Waals surface area contributed by atoms with Crippen LogP contribution in [0.25, 0.3) is 0 Å². The maximum atomic E-state index is 5.78. The Labute approximate surface area is 67.0 Å². The summed E-state index contributed by atoms with van der Waals surface area (Å²) in [5, 5.41) is -2.05. The second kappa shape index (κ2) is 3.04. The quantitative estimate of drug-likeness (QED) is 0.470. The molecule has 2 unspecified atom stereocenters. The van der Waals surface area contributed by atoms with E-state index >= 15 is 0 Å². The molecule has 0 aliphatic carbocycles. The Balaban J connectivity index is 2.51. The molecule has 54 valence electrons. The van der Waals surface area contributed by atoms with Crippen molar-refractivity contribution in [2.45, 2.75) is 19.4 Å². The van der Waals surface area contributed by atoms with Gasteiger partial charge in [-0.2, -0.15) is 0 Å². The molecule has 1 aliphatic rings. The van der Waals surface area contributed by atoms with Crippen LogP contribution in [0.5, 0.6) is 0 Å². The molecule has 2 nitrogen and oxygen atoms in total. The molecular formula is C4H8ClO2PSe. The normalized spacial score (nSPS) is 44.9. The van der Waals surface area contributed by atoms with E-state index in [1.54, 1.807) is 0 Å². The van der Waals surface area contributed by atoms with Gasteiger partial charge in [-0.3, -0.25) is 0 Å². The molecule has 0 radical (unpaired) electrons. The van der Waals surface area contributed by atoms with Gasteiger partial charge in [0.25, 0.3) is 0 Å². The zero-order chi connectivity index (χ0) is 6.91. The van der Waals surface area contributed by atoms with Crippen LogP contribution in [0.4, 0.5) is 0 Å². The molecule has 1 aliphatic heterocycles. The first-order valence-corrected chi connectivity index (χ1v) is 7.47. The van der Waals surface area contributed by atoms with Crippen LogP contribution < -0.4 is 0 Å². The van der Waals surface area contributed by atoms with Gasteiger partial charge in [0.15, 0.2) is 0 Å². The summed E-state index contributed by atoms with van der Waals surface area (Å²) >= 11 is 8.50. The predicted octanol–water partition coefficient (Wildman–Crippen LogP) is 1.90. The van der Waals surface area contributed by atoms with E-state index in [9.17, 15) is 0 Å². The molecule has 1 rings (SSSR count). The molecule has 0 aromatic rings. The molecule has 0 amide bonds. The summed E-state index contributed by atoms with van der Waals surface area (Å²) in [5.74, 6) is 0. The number of hydrogen-bond donors (Lipinski definition) is 0. The van der Waals surface area contributed by atoms with Crippen molar-refractivity contribution >= 4 is 31.7 Å². The fourth-order valence-corrected chi connectivity index (χ4v) is 3.55. The van der Waals surface area contributed by atoms with E-state index in [0.717, 1.165) is 6.42 Å². The minimum atomic E-state index is -2.05. The summed E-state index contributed by atoms with van der Waals surface area (Å²) in [6.07, 6.45) is 1.18. The van der Waals surface area contributed by atoms with Crippen LogP contribution in [0.3, 0.4) is 0 Å². The first kappa shape index (κ1) is 8.26. The van der Waals surface area contributed by atoms with Gasteiger partial charge in [0.05, 0.1) is 0 Å². The van der Waals surface area contributed by atoms with Gasteiger partial charge in [-0.15, -0.1) is 0 Å². The third-order valence-electron chi connectivity index (χ3n) is 1.08. The maximum absolute atomic E-state index is 5.78. The molecule has 0 bridgehead atoms. The third-order valence-corrected chi connectivity index (χ3v) is 3.92. The van der Waals surface area contributed by atoms with Gasteiger partial charge in [0.2, 0.25) is 0 Å². The van der Waals surface area contributed by atoms with E-state index in [-0.39, 0.29) is 6.10 Å². The Kier molecular flexibility index (Phi) is 2.79. The van der Waals surface area contributed by atoms with Crippen LogP contribution in [0.2, 0.25) is 0 Å². The molecule has 5 heteroatoms. The summed E-state index contributed by atoms with van der Waals surface area (Å²) < 4.78 is 10.4. The van der Waals surface area contributed by atoms with Gasteiger partial charge in [0, 0.05) is 0 Å². The molecule has 0 spiro atoms. The van der Waals surface area contributed by atoms with Crippen LogP contribution >= 0.6 is 16.6 Å². The summed E-state index contributed by atoms with van der Waals surface area (Å²) in [4.78, 5) is 0. The first-order chi connectivity index (χ1) is 4.10. The summed E-state index contributed by atoms with van der Waals surface area (Å²) in [5.41, 5.74) is 0. The van der Waals surface area contributed by atoms with Gasteiger partial charge in [-0.05, 0) is 0 Å². The van der Waals surface area contributed by atoms with Crippen LogP contribution in [0, 0.1) is 0 Å². The van der Waals surface area contributed by atoms with E-state index in [0.29, 0.717) is 6.61 Å². The summed E-state index contributed by atoms with van der Waals surface area (Å²) in [6.45, 7) is 2.71. The van der Waals surface area contributed by atoms with Gasteiger partial charge >= 0.3 is 66.8 Å². The molecule has 0 N–H and O–H groups in total. The van der Waals surface area contributed by atoms with E-state index in [4.69, 9.17) is 20.3 Å². The van der Waals surface area contributed by atoms with Crippen LogP contribution in [0.15, 0.2) is 0 Å². The standard InChI is InChI=1S/C4H8ClO2PSe/c1-4-2-3-6-8(5,9)7-4/h4H,2-3H2,1H3. The average Bonchev–Trinajstić information content (AvgIpc) is 1.60. The fourth-order valence-electron chi connectivity index (χ4n) is 0.626. The zero-order valence-electron chi connectivity index (χ0n) is 5.04. The van der Waals surface area contributed by atoms with Crippen molar-refractivity contribution in [1.29, 1.82) is 0 Å². The van der Waals surface area contributed by atoms with Crippen molar-refractivity contribution in [2.24, 2.45) is 0 Å². The molecule has 0 aromatic heterocycles. The van der Waals surface area contributed by atoms with Crippen molar-refractivity contribution in [3.63, 3.8) is 0 Å².